The van der Waals surface area contributed by atoms with E-state index in [0.29, 0.717) is 5.76 Å². The Balaban J connectivity index is 1.95. The largest absolute Gasteiger partial charge is 0.493 e. The van der Waals surface area contributed by atoms with Crippen LogP contribution in [0.4, 0.5) is 5.69 Å². The lowest BCUT2D eigenvalue weighted by molar-refractivity contribution is -0.114. The van der Waals surface area contributed by atoms with Crippen LogP contribution in [-0.2, 0) is 9.53 Å². The first-order valence-electron chi connectivity index (χ1n) is 7.09. The van der Waals surface area contributed by atoms with Gasteiger partial charge in [0.05, 0.1) is 7.11 Å². The first-order valence-corrected chi connectivity index (χ1v) is 7.09. The molecule has 0 saturated carbocycles. The summed E-state index contributed by atoms with van der Waals surface area (Å²) in [4.78, 5) is 13.6. The van der Waals surface area contributed by atoms with Crippen molar-refractivity contribution in [3.8, 4) is 0 Å². The van der Waals surface area contributed by atoms with Crippen molar-refractivity contribution in [2.24, 2.45) is 0 Å². The molecule has 1 heterocycles. The zero-order valence-corrected chi connectivity index (χ0v) is 12.6. The minimum Gasteiger partial charge on any atom is -0.493 e. The van der Waals surface area contributed by atoms with Gasteiger partial charge in [-0.05, 0) is 35.4 Å². The van der Waals surface area contributed by atoms with Crippen LogP contribution in [0.3, 0.4) is 0 Å². The molecule has 3 rings (SSSR count). The summed E-state index contributed by atoms with van der Waals surface area (Å²) in [6.07, 6.45) is 13.3. The lowest BCUT2D eigenvalue weighted by atomic mass is 9.99. The Kier molecular flexibility index (Phi) is 3.79. The van der Waals surface area contributed by atoms with Gasteiger partial charge in [0.2, 0.25) is 5.78 Å². The van der Waals surface area contributed by atoms with E-state index in [9.17, 15) is 4.79 Å². The smallest absolute Gasteiger partial charge is 0.220 e. The van der Waals surface area contributed by atoms with Gasteiger partial charge < -0.3 is 9.64 Å². The number of carbonyl (C=O) groups is 1. The number of methoxy groups -OCH3 is 1. The topological polar surface area (TPSA) is 29.5 Å². The first kappa shape index (κ1) is 14.1. The maximum absolute atomic E-state index is 11.5. The summed E-state index contributed by atoms with van der Waals surface area (Å²) < 4.78 is 5.07. The van der Waals surface area contributed by atoms with Crippen LogP contribution in [0, 0.1) is 0 Å². The normalized spacial score (nSPS) is 20.4. The molecular weight excluding hydrogens is 274 g/mol. The number of nitrogens with zero attached hydrogens (tertiary/aromatic N) is 1. The highest BCUT2D eigenvalue weighted by Gasteiger charge is 2.13. The van der Waals surface area contributed by atoms with E-state index in [2.05, 4.69) is 29.2 Å². The maximum atomic E-state index is 11.5. The van der Waals surface area contributed by atoms with Crippen molar-refractivity contribution in [1.29, 1.82) is 0 Å². The average molecular weight is 291 g/mol. The van der Waals surface area contributed by atoms with Crippen molar-refractivity contribution >= 4 is 17.0 Å². The summed E-state index contributed by atoms with van der Waals surface area (Å²) in [6.45, 7) is 0. The van der Waals surface area contributed by atoms with Crippen LogP contribution in [-0.4, -0.2) is 19.9 Å². The number of ether oxygens (including phenoxy) is 1. The Labute approximate surface area is 130 Å². The molecule has 1 aliphatic carbocycles. The molecule has 0 spiro atoms. The number of anilines is 1. The van der Waals surface area contributed by atoms with Gasteiger partial charge in [-0.15, -0.1) is 0 Å². The number of carbonyl (C=O) groups excluding carboxylic acids is 1. The van der Waals surface area contributed by atoms with Crippen molar-refractivity contribution in [3.05, 3.63) is 83.8 Å². The molecule has 1 aliphatic heterocycles. The highest BCUT2D eigenvalue weighted by Crippen LogP contribution is 2.31. The Hall–Kier alpha value is -2.81. The van der Waals surface area contributed by atoms with Crippen molar-refractivity contribution in [1.82, 2.24) is 0 Å². The standard InChI is InChI=1S/C19H17NO2/c1-20-12-11-15(16-5-3-4-6-17(16)20)9-7-14-8-10-18(21)19(13-14)22-2/h3-13H,1-2H3. The molecule has 110 valence electrons. The van der Waals surface area contributed by atoms with Crippen LogP contribution < -0.4 is 4.90 Å². The van der Waals surface area contributed by atoms with Crippen LogP contribution in [0.5, 0.6) is 0 Å². The minimum absolute atomic E-state index is 0.100. The third-order valence-corrected chi connectivity index (χ3v) is 3.72. The number of allylic oxidation sites excluding steroid dienone is 8. The van der Waals surface area contributed by atoms with E-state index in [1.54, 1.807) is 12.2 Å². The van der Waals surface area contributed by atoms with E-state index in [-0.39, 0.29) is 5.78 Å². The van der Waals surface area contributed by atoms with Crippen LogP contribution in [0.25, 0.3) is 5.57 Å². The molecule has 0 fully saturated rings. The molecule has 3 heteroatoms. The van der Waals surface area contributed by atoms with Crippen molar-refractivity contribution < 1.29 is 9.53 Å². The number of hydrogen-bond donors (Lipinski definition) is 0. The number of hydrogen-bond acceptors (Lipinski definition) is 3. The van der Waals surface area contributed by atoms with Crippen LogP contribution in [0.15, 0.2) is 78.3 Å². The second-order valence-corrected chi connectivity index (χ2v) is 5.14. The summed E-state index contributed by atoms with van der Waals surface area (Å²) in [7, 11) is 3.54. The molecule has 0 saturated heterocycles. The first-order chi connectivity index (χ1) is 10.7. The molecule has 3 nitrogen and oxygen atoms in total. The van der Waals surface area contributed by atoms with Crippen LogP contribution >= 0.6 is 0 Å². The van der Waals surface area contributed by atoms with Gasteiger partial charge in [-0.3, -0.25) is 4.79 Å². The van der Waals surface area contributed by atoms with E-state index in [1.807, 2.05) is 31.5 Å². The zero-order chi connectivity index (χ0) is 15.5. The second-order valence-electron chi connectivity index (χ2n) is 5.14. The lowest BCUT2D eigenvalue weighted by Gasteiger charge is -2.23. The summed E-state index contributed by atoms with van der Waals surface area (Å²) in [5.41, 5.74) is 4.45. The zero-order valence-electron chi connectivity index (χ0n) is 12.6. The molecular formula is C19H17NO2. The SMILES string of the molecule is COC1=CC(=CC=C2C=CN(C)c3ccccc32)C=CC1=O. The fourth-order valence-corrected chi connectivity index (χ4v) is 2.51. The number of para-hydroxylation sites is 1. The van der Waals surface area contributed by atoms with E-state index >= 15 is 0 Å². The van der Waals surface area contributed by atoms with Crippen molar-refractivity contribution in [3.63, 3.8) is 0 Å². The van der Waals surface area contributed by atoms with Gasteiger partial charge in [-0.2, -0.15) is 0 Å². The fraction of sp³-hybridized carbons (Fsp3) is 0.105. The molecule has 0 atom stereocenters. The third kappa shape index (κ3) is 2.66. The van der Waals surface area contributed by atoms with Gasteiger partial charge in [0, 0.05) is 24.5 Å². The summed E-state index contributed by atoms with van der Waals surface area (Å²) in [5.74, 6) is 0.267. The van der Waals surface area contributed by atoms with E-state index in [1.165, 1.54) is 24.4 Å². The molecule has 1 aromatic rings. The van der Waals surface area contributed by atoms with E-state index in [0.717, 1.165) is 11.1 Å². The Morgan fingerprint density at radius 1 is 1.09 bits per heavy atom. The summed E-state index contributed by atoms with van der Waals surface area (Å²) in [6, 6.07) is 8.28. The molecule has 0 bridgehead atoms. The van der Waals surface area contributed by atoms with Crippen LogP contribution in [0.2, 0.25) is 0 Å². The number of ketones is 1. The quantitative estimate of drug-likeness (QED) is 0.833. The molecule has 0 radical (unpaired) electrons. The Morgan fingerprint density at radius 3 is 2.73 bits per heavy atom. The van der Waals surface area contributed by atoms with Crippen molar-refractivity contribution in [2.75, 3.05) is 19.1 Å². The predicted molar refractivity (Wildman–Crippen MR) is 89.3 cm³/mol. The van der Waals surface area contributed by atoms with Gasteiger partial charge in [0.15, 0.2) is 5.76 Å². The van der Waals surface area contributed by atoms with Gasteiger partial charge in [0.25, 0.3) is 0 Å². The molecule has 2 aliphatic rings. The fourth-order valence-electron chi connectivity index (χ4n) is 2.51. The van der Waals surface area contributed by atoms with Gasteiger partial charge in [-0.25, -0.2) is 0 Å². The highest BCUT2D eigenvalue weighted by atomic mass is 16.5. The number of benzene rings is 1. The Bertz CT molecular complexity index is 763. The summed E-state index contributed by atoms with van der Waals surface area (Å²) >= 11 is 0. The molecule has 0 N–H and O–H groups in total. The van der Waals surface area contributed by atoms with E-state index in [4.69, 9.17) is 4.74 Å². The van der Waals surface area contributed by atoms with E-state index < -0.39 is 0 Å². The van der Waals surface area contributed by atoms with Gasteiger partial charge >= 0.3 is 0 Å². The molecule has 22 heavy (non-hydrogen) atoms. The Morgan fingerprint density at radius 2 is 1.91 bits per heavy atom. The molecule has 0 unspecified atom stereocenters. The second kappa shape index (κ2) is 5.90. The highest BCUT2D eigenvalue weighted by molar-refractivity contribution is 6.04. The van der Waals surface area contributed by atoms with Gasteiger partial charge in [-0.1, -0.05) is 36.4 Å². The number of rotatable bonds is 2. The molecule has 0 amide bonds. The lowest BCUT2D eigenvalue weighted by Crippen LogP contribution is -2.13. The minimum atomic E-state index is -0.100. The number of fused-ring (bicyclic) bond motifs is 1. The monoisotopic (exact) mass is 291 g/mol. The summed E-state index contributed by atoms with van der Waals surface area (Å²) in [5, 5.41) is 0. The predicted octanol–water partition coefficient (Wildman–Crippen LogP) is 3.63. The van der Waals surface area contributed by atoms with Crippen LogP contribution in [0.1, 0.15) is 5.56 Å². The molecule has 1 aromatic carbocycles. The maximum Gasteiger partial charge on any atom is 0.220 e. The molecule has 0 aromatic heterocycles. The van der Waals surface area contributed by atoms with Gasteiger partial charge in [0.1, 0.15) is 0 Å². The average Bonchev–Trinajstić information content (AvgIpc) is 2.56. The third-order valence-electron chi connectivity index (χ3n) is 3.72. The van der Waals surface area contributed by atoms with Crippen molar-refractivity contribution in [2.45, 2.75) is 0 Å².